The van der Waals surface area contributed by atoms with Gasteiger partial charge in [0.15, 0.2) is 6.61 Å². The average molecular weight is 610 g/mol. The summed E-state index contributed by atoms with van der Waals surface area (Å²) in [5.41, 5.74) is 2.94. The summed E-state index contributed by atoms with van der Waals surface area (Å²) in [6, 6.07) is 19.6. The highest BCUT2D eigenvalue weighted by Gasteiger charge is 2.50. The lowest BCUT2D eigenvalue weighted by atomic mass is 9.73. The third kappa shape index (κ3) is 5.63. The predicted molar refractivity (Wildman–Crippen MR) is 152 cm³/mol. The maximum atomic E-state index is 13.4. The van der Waals surface area contributed by atoms with E-state index in [9.17, 15) is 19.2 Å². The second kappa shape index (κ2) is 11.3. The second-order valence-corrected chi connectivity index (χ2v) is 11.2. The van der Waals surface area contributed by atoms with Gasteiger partial charge in [0.25, 0.3) is 5.91 Å². The number of carbonyl (C=O) groups is 4. The number of hydrogen-bond acceptors (Lipinski definition) is 5. The zero-order valence-corrected chi connectivity index (χ0v) is 23.5. The molecule has 2 aliphatic rings. The zero-order valence-electron chi connectivity index (χ0n) is 21.2. The number of anilines is 2. The Morgan fingerprint density at radius 1 is 1.00 bits per heavy atom. The van der Waals surface area contributed by atoms with Crippen molar-refractivity contribution in [2.45, 2.75) is 32.1 Å². The van der Waals surface area contributed by atoms with Gasteiger partial charge < -0.3 is 10.1 Å². The van der Waals surface area contributed by atoms with Crippen LogP contribution in [-0.2, 0) is 19.1 Å². The molecule has 3 aromatic carbocycles. The summed E-state index contributed by atoms with van der Waals surface area (Å²) in [6.07, 6.45) is 2.11. The molecule has 3 amide bonds. The SMILES string of the molecule is Cc1cc(Br)c(Cl)cc1NC(=O)COC(=O)c1cccc(N2C(=O)[C@@H]3CC[C@@H](c4ccccc4)C[C@H]3C2=O)c1. The molecule has 1 aliphatic carbocycles. The molecule has 7 nitrogen and oxygen atoms in total. The fourth-order valence-electron chi connectivity index (χ4n) is 5.42. The Morgan fingerprint density at radius 2 is 1.74 bits per heavy atom. The first-order valence-corrected chi connectivity index (χ1v) is 13.9. The molecule has 1 N–H and O–H groups in total. The second-order valence-electron chi connectivity index (χ2n) is 9.90. The molecule has 0 spiro atoms. The molecule has 3 aromatic rings. The number of hydrogen-bond donors (Lipinski definition) is 1. The molecule has 0 bridgehead atoms. The van der Waals surface area contributed by atoms with Gasteiger partial charge in [-0.05, 0) is 89.5 Å². The first kappa shape index (κ1) is 27.1. The van der Waals surface area contributed by atoms with Gasteiger partial charge in [-0.3, -0.25) is 19.3 Å². The van der Waals surface area contributed by atoms with Crippen molar-refractivity contribution in [2.75, 3.05) is 16.8 Å². The fraction of sp³-hybridized carbons (Fsp3) is 0.267. The smallest absolute Gasteiger partial charge is 0.338 e. The Bertz CT molecular complexity index is 1460. The molecule has 1 aliphatic heterocycles. The molecular weight excluding hydrogens is 584 g/mol. The molecule has 0 unspecified atom stereocenters. The Kier molecular flexibility index (Phi) is 7.86. The lowest BCUT2D eigenvalue weighted by molar-refractivity contribution is -0.122. The highest BCUT2D eigenvalue weighted by atomic mass is 79.9. The van der Waals surface area contributed by atoms with E-state index in [-0.39, 0.29) is 35.1 Å². The topological polar surface area (TPSA) is 92.8 Å². The molecule has 1 saturated heterocycles. The summed E-state index contributed by atoms with van der Waals surface area (Å²) in [4.78, 5) is 53.0. The third-order valence-corrected chi connectivity index (χ3v) is 8.61. The Hall–Kier alpha value is -3.49. The van der Waals surface area contributed by atoms with Crippen LogP contribution in [-0.4, -0.2) is 30.3 Å². The molecule has 3 atom stereocenters. The predicted octanol–water partition coefficient (Wildman–Crippen LogP) is 6.28. The van der Waals surface area contributed by atoms with Crippen molar-refractivity contribution in [3.8, 4) is 0 Å². The maximum Gasteiger partial charge on any atom is 0.338 e. The van der Waals surface area contributed by atoms with Crippen LogP contribution in [0.15, 0.2) is 71.2 Å². The van der Waals surface area contributed by atoms with Crippen LogP contribution in [0.4, 0.5) is 11.4 Å². The van der Waals surface area contributed by atoms with Crippen molar-refractivity contribution < 1.29 is 23.9 Å². The van der Waals surface area contributed by atoms with Crippen molar-refractivity contribution >= 4 is 62.6 Å². The Morgan fingerprint density at radius 3 is 2.51 bits per heavy atom. The zero-order chi connectivity index (χ0) is 27.7. The number of imide groups is 1. The lowest BCUT2D eigenvalue weighted by Gasteiger charge is -2.28. The maximum absolute atomic E-state index is 13.4. The number of fused-ring (bicyclic) bond motifs is 1. The van der Waals surface area contributed by atoms with Gasteiger partial charge in [0.1, 0.15) is 0 Å². The molecule has 5 rings (SSSR count). The van der Waals surface area contributed by atoms with E-state index in [2.05, 4.69) is 33.4 Å². The van der Waals surface area contributed by atoms with E-state index in [4.69, 9.17) is 16.3 Å². The van der Waals surface area contributed by atoms with Gasteiger partial charge in [-0.2, -0.15) is 0 Å². The Labute approximate surface area is 239 Å². The van der Waals surface area contributed by atoms with E-state index >= 15 is 0 Å². The third-order valence-electron chi connectivity index (χ3n) is 7.41. The number of nitrogens with one attached hydrogen (secondary N) is 1. The van der Waals surface area contributed by atoms with Crippen LogP contribution in [0, 0.1) is 18.8 Å². The van der Waals surface area contributed by atoms with Gasteiger partial charge in [-0.15, -0.1) is 0 Å². The molecule has 1 saturated carbocycles. The van der Waals surface area contributed by atoms with Crippen LogP contribution in [0.25, 0.3) is 0 Å². The van der Waals surface area contributed by atoms with E-state index in [0.29, 0.717) is 33.7 Å². The number of ether oxygens (including phenoxy) is 1. The minimum atomic E-state index is -0.738. The largest absolute Gasteiger partial charge is 0.452 e. The van der Waals surface area contributed by atoms with E-state index in [1.54, 1.807) is 24.3 Å². The summed E-state index contributed by atoms with van der Waals surface area (Å²) >= 11 is 9.44. The highest BCUT2D eigenvalue weighted by Crippen LogP contribution is 2.45. The number of rotatable bonds is 6. The monoisotopic (exact) mass is 608 g/mol. The lowest BCUT2D eigenvalue weighted by Crippen LogP contribution is -2.31. The van der Waals surface area contributed by atoms with E-state index in [1.165, 1.54) is 22.6 Å². The standard InChI is InChI=1S/C30H26BrClN2O5/c1-17-12-24(31)25(32)15-26(17)33-27(35)16-39-30(38)20-8-5-9-21(13-20)34-28(36)22-11-10-19(14-23(22)29(34)37)18-6-3-2-4-7-18/h2-9,12-13,15,19,22-23H,10-11,14,16H2,1H3,(H,33,35)/t19-,22-,23-/m1/s1. The van der Waals surface area contributed by atoms with Gasteiger partial charge in [0, 0.05) is 10.2 Å². The normalized spacial score (nSPS) is 20.5. The minimum Gasteiger partial charge on any atom is -0.452 e. The quantitative estimate of drug-likeness (QED) is 0.262. The van der Waals surface area contributed by atoms with Gasteiger partial charge in [-0.1, -0.05) is 48.0 Å². The first-order chi connectivity index (χ1) is 18.7. The molecule has 1 heterocycles. The van der Waals surface area contributed by atoms with Crippen LogP contribution >= 0.6 is 27.5 Å². The van der Waals surface area contributed by atoms with Crippen molar-refractivity contribution in [2.24, 2.45) is 11.8 Å². The average Bonchev–Trinajstić information content (AvgIpc) is 3.19. The van der Waals surface area contributed by atoms with Crippen molar-refractivity contribution in [3.63, 3.8) is 0 Å². The number of esters is 1. The summed E-state index contributed by atoms with van der Waals surface area (Å²) in [6.45, 7) is 1.30. The van der Waals surface area contributed by atoms with Crippen LogP contribution in [0.5, 0.6) is 0 Å². The number of carbonyl (C=O) groups excluding carboxylic acids is 4. The van der Waals surface area contributed by atoms with Crippen molar-refractivity contribution in [1.29, 1.82) is 0 Å². The fourth-order valence-corrected chi connectivity index (χ4v) is 6.04. The summed E-state index contributed by atoms with van der Waals surface area (Å²) in [7, 11) is 0. The van der Waals surface area contributed by atoms with Gasteiger partial charge in [-0.25, -0.2) is 4.79 Å². The minimum absolute atomic E-state index is 0.140. The molecule has 200 valence electrons. The summed E-state index contributed by atoms with van der Waals surface area (Å²) in [5, 5.41) is 3.11. The van der Waals surface area contributed by atoms with Crippen LogP contribution in [0.1, 0.15) is 46.7 Å². The van der Waals surface area contributed by atoms with Gasteiger partial charge in [0.2, 0.25) is 11.8 Å². The van der Waals surface area contributed by atoms with E-state index in [1.807, 2.05) is 25.1 Å². The molecule has 0 aromatic heterocycles. The van der Waals surface area contributed by atoms with Crippen LogP contribution in [0.2, 0.25) is 5.02 Å². The summed E-state index contributed by atoms with van der Waals surface area (Å²) < 4.78 is 5.91. The highest BCUT2D eigenvalue weighted by molar-refractivity contribution is 9.10. The molecule has 9 heteroatoms. The van der Waals surface area contributed by atoms with Crippen LogP contribution in [0.3, 0.4) is 0 Å². The molecule has 0 radical (unpaired) electrons. The van der Waals surface area contributed by atoms with E-state index < -0.39 is 18.5 Å². The van der Waals surface area contributed by atoms with Crippen LogP contribution < -0.4 is 10.2 Å². The van der Waals surface area contributed by atoms with Crippen molar-refractivity contribution in [3.05, 3.63) is 92.9 Å². The number of aryl methyl sites for hydroxylation is 1. The molecule has 2 fully saturated rings. The van der Waals surface area contributed by atoms with Crippen molar-refractivity contribution in [1.82, 2.24) is 0 Å². The molecular formula is C30H26BrClN2O5. The summed E-state index contributed by atoms with van der Waals surface area (Å²) in [5.74, 6) is -2.24. The van der Waals surface area contributed by atoms with E-state index in [0.717, 1.165) is 12.0 Å². The van der Waals surface area contributed by atoms with Gasteiger partial charge >= 0.3 is 5.97 Å². The first-order valence-electron chi connectivity index (χ1n) is 12.7. The number of halogens is 2. The Balaban J connectivity index is 1.24. The number of benzene rings is 3. The number of amides is 3. The number of nitrogens with zero attached hydrogens (tertiary/aromatic N) is 1. The molecule has 39 heavy (non-hydrogen) atoms. The van der Waals surface area contributed by atoms with Gasteiger partial charge in [0.05, 0.1) is 28.1 Å².